The van der Waals surface area contributed by atoms with Crippen LogP contribution in [0.3, 0.4) is 0 Å². The fraction of sp³-hybridized carbons (Fsp3) is 0.360. The molecule has 1 heterocycles. The first kappa shape index (κ1) is 28.1. The topological polar surface area (TPSA) is 92.0 Å². The lowest BCUT2D eigenvalue weighted by atomic mass is 10.2. The first-order valence-corrected chi connectivity index (χ1v) is 13.2. The average molecular weight is 644 g/mol. The molecule has 1 aromatic heterocycles. The van der Waals surface area contributed by atoms with E-state index in [2.05, 4.69) is 41.9 Å². The first-order valence-electron chi connectivity index (χ1n) is 11.3. The van der Waals surface area contributed by atoms with Crippen molar-refractivity contribution in [2.24, 2.45) is 5.10 Å². The lowest BCUT2D eigenvalue weighted by Gasteiger charge is -2.16. The number of rotatable bonds is 9. The molecule has 3 rings (SSSR count). The SMILES string of the molecule is CCOc1cc(C=Nn2c(C(C)C)nc3ccc(Br)cc3c2=O)c(Br)c(Cl)c1OCC(=O)OC(C)C. The summed E-state index contributed by atoms with van der Waals surface area (Å²) in [5.41, 5.74) is 0.840. The molecule has 0 aliphatic rings. The second-order valence-corrected chi connectivity index (χ2v) is 10.4. The molecule has 0 spiro atoms. The van der Waals surface area contributed by atoms with Gasteiger partial charge >= 0.3 is 5.97 Å². The molecule has 2 aromatic carbocycles. The number of carbonyl (C=O) groups excluding carboxylic acids is 1. The molecule has 0 atom stereocenters. The van der Waals surface area contributed by atoms with Gasteiger partial charge in [0.15, 0.2) is 18.1 Å². The molecule has 0 amide bonds. The van der Waals surface area contributed by atoms with Gasteiger partial charge in [-0.15, -0.1) is 0 Å². The van der Waals surface area contributed by atoms with E-state index in [-0.39, 0.29) is 35.0 Å². The summed E-state index contributed by atoms with van der Waals surface area (Å²) in [6.07, 6.45) is 1.23. The standard InChI is InChI=1S/C25H26Br2ClN3O5/c1-6-34-19-9-15(21(27)22(28)23(19)35-12-20(32)36-14(4)5)11-29-31-24(13(2)3)30-18-8-7-16(26)10-17(18)25(31)33/h7-11,13-14H,6,12H2,1-5H3. The summed E-state index contributed by atoms with van der Waals surface area (Å²) < 4.78 is 19.0. The van der Waals surface area contributed by atoms with Crippen LogP contribution in [0.15, 0.2) is 43.1 Å². The zero-order valence-electron chi connectivity index (χ0n) is 20.5. The molecule has 11 heteroatoms. The van der Waals surface area contributed by atoms with E-state index in [4.69, 9.17) is 25.8 Å². The second kappa shape index (κ2) is 12.2. The summed E-state index contributed by atoms with van der Waals surface area (Å²) in [6, 6.07) is 7.02. The van der Waals surface area contributed by atoms with Gasteiger partial charge in [0.05, 0.1) is 29.8 Å². The monoisotopic (exact) mass is 641 g/mol. The highest BCUT2D eigenvalue weighted by Gasteiger charge is 2.20. The Morgan fingerprint density at radius 1 is 1.19 bits per heavy atom. The van der Waals surface area contributed by atoms with Crippen molar-refractivity contribution in [3.63, 3.8) is 0 Å². The van der Waals surface area contributed by atoms with Crippen LogP contribution in [-0.4, -0.2) is 41.2 Å². The van der Waals surface area contributed by atoms with Gasteiger partial charge in [-0.05, 0) is 61.0 Å². The van der Waals surface area contributed by atoms with Crippen LogP contribution in [0, 0.1) is 0 Å². The molecule has 8 nitrogen and oxygen atoms in total. The fourth-order valence-corrected chi connectivity index (χ4v) is 4.31. The molecule has 36 heavy (non-hydrogen) atoms. The highest BCUT2D eigenvalue weighted by Crippen LogP contribution is 2.42. The van der Waals surface area contributed by atoms with Crippen LogP contribution in [0.5, 0.6) is 11.5 Å². The number of benzene rings is 2. The van der Waals surface area contributed by atoms with Gasteiger partial charge in [-0.25, -0.2) is 9.78 Å². The van der Waals surface area contributed by atoms with Crippen LogP contribution in [0.1, 0.15) is 51.9 Å². The number of nitrogens with zero attached hydrogens (tertiary/aromatic N) is 3. The van der Waals surface area contributed by atoms with Crippen molar-refractivity contribution >= 4 is 66.5 Å². The van der Waals surface area contributed by atoms with Gasteiger partial charge < -0.3 is 14.2 Å². The van der Waals surface area contributed by atoms with E-state index >= 15 is 0 Å². The zero-order valence-corrected chi connectivity index (χ0v) is 24.4. The number of hydrogen-bond donors (Lipinski definition) is 0. The van der Waals surface area contributed by atoms with Crippen LogP contribution >= 0.6 is 43.5 Å². The Balaban J connectivity index is 2.05. The molecule has 0 aliphatic carbocycles. The van der Waals surface area contributed by atoms with E-state index in [0.717, 1.165) is 4.47 Å². The minimum absolute atomic E-state index is 0.0599. The lowest BCUT2D eigenvalue weighted by Crippen LogP contribution is -2.23. The molecule has 192 valence electrons. The number of esters is 1. The third-order valence-electron chi connectivity index (χ3n) is 4.82. The summed E-state index contributed by atoms with van der Waals surface area (Å²) >= 11 is 13.4. The van der Waals surface area contributed by atoms with E-state index < -0.39 is 5.97 Å². The number of aromatic nitrogens is 2. The highest BCUT2D eigenvalue weighted by molar-refractivity contribution is 9.10. The first-order chi connectivity index (χ1) is 17.0. The summed E-state index contributed by atoms with van der Waals surface area (Å²) in [7, 11) is 0. The number of halogens is 3. The summed E-state index contributed by atoms with van der Waals surface area (Å²) in [6.45, 7) is 9.20. The fourth-order valence-electron chi connectivity index (χ4n) is 3.30. The predicted octanol–water partition coefficient (Wildman–Crippen LogP) is 6.31. The van der Waals surface area contributed by atoms with Crippen LogP contribution in [0.25, 0.3) is 10.9 Å². The van der Waals surface area contributed by atoms with Crippen LogP contribution in [-0.2, 0) is 9.53 Å². The molecule has 0 aliphatic heterocycles. The maximum absolute atomic E-state index is 13.3. The van der Waals surface area contributed by atoms with Gasteiger partial charge in [0.2, 0.25) is 0 Å². The lowest BCUT2D eigenvalue weighted by molar-refractivity contribution is -0.149. The number of fused-ring (bicyclic) bond motifs is 1. The molecule has 0 N–H and O–H groups in total. The van der Waals surface area contributed by atoms with Gasteiger partial charge in [-0.3, -0.25) is 4.79 Å². The minimum atomic E-state index is -0.527. The molecule has 0 fully saturated rings. The molecule has 0 saturated carbocycles. The van der Waals surface area contributed by atoms with Crippen LogP contribution in [0.2, 0.25) is 5.02 Å². The predicted molar refractivity (Wildman–Crippen MR) is 148 cm³/mol. The van der Waals surface area contributed by atoms with Gasteiger partial charge in [0.25, 0.3) is 5.56 Å². The Hall–Kier alpha value is -2.43. The van der Waals surface area contributed by atoms with Crippen molar-refractivity contribution in [1.29, 1.82) is 0 Å². The third kappa shape index (κ3) is 6.46. The van der Waals surface area contributed by atoms with Gasteiger partial charge in [0, 0.05) is 20.4 Å². The molecule has 0 bridgehead atoms. The molecule has 0 unspecified atom stereocenters. The van der Waals surface area contributed by atoms with Crippen molar-refractivity contribution in [1.82, 2.24) is 9.66 Å². The van der Waals surface area contributed by atoms with Gasteiger partial charge in [0.1, 0.15) is 10.8 Å². The average Bonchev–Trinajstić information content (AvgIpc) is 2.80. The van der Waals surface area contributed by atoms with Crippen molar-refractivity contribution in [2.45, 2.75) is 46.6 Å². The van der Waals surface area contributed by atoms with Crippen LogP contribution < -0.4 is 15.0 Å². The second-order valence-electron chi connectivity index (χ2n) is 8.33. The van der Waals surface area contributed by atoms with E-state index in [0.29, 0.717) is 39.1 Å². The van der Waals surface area contributed by atoms with Gasteiger partial charge in [-0.2, -0.15) is 9.78 Å². The van der Waals surface area contributed by atoms with Crippen LogP contribution in [0.4, 0.5) is 0 Å². The molecular formula is C25H26Br2ClN3O5. The Morgan fingerprint density at radius 3 is 2.56 bits per heavy atom. The Labute approximate surface area is 230 Å². The van der Waals surface area contributed by atoms with Gasteiger partial charge in [-0.1, -0.05) is 41.4 Å². The van der Waals surface area contributed by atoms with E-state index in [1.807, 2.05) is 26.8 Å². The number of hydrogen-bond acceptors (Lipinski definition) is 7. The summed E-state index contributed by atoms with van der Waals surface area (Å²) in [4.78, 5) is 29.9. The Morgan fingerprint density at radius 2 is 1.92 bits per heavy atom. The smallest absolute Gasteiger partial charge is 0.344 e. The van der Waals surface area contributed by atoms with E-state index in [1.165, 1.54) is 10.9 Å². The molecular weight excluding hydrogens is 618 g/mol. The van der Waals surface area contributed by atoms with Crippen molar-refractivity contribution < 1.29 is 19.0 Å². The summed E-state index contributed by atoms with van der Waals surface area (Å²) in [5.74, 6) is 0.445. The Kier molecular flexibility index (Phi) is 9.54. The zero-order chi connectivity index (χ0) is 26.6. The maximum atomic E-state index is 13.3. The van der Waals surface area contributed by atoms with Crippen molar-refractivity contribution in [3.05, 3.63) is 60.0 Å². The Bertz CT molecular complexity index is 1370. The molecule has 0 radical (unpaired) electrons. The van der Waals surface area contributed by atoms with E-state index in [1.54, 1.807) is 32.0 Å². The maximum Gasteiger partial charge on any atom is 0.344 e. The highest BCUT2D eigenvalue weighted by atomic mass is 79.9. The van der Waals surface area contributed by atoms with Crippen molar-refractivity contribution in [3.8, 4) is 11.5 Å². The quantitative estimate of drug-likeness (QED) is 0.201. The molecule has 3 aromatic rings. The number of carbonyl (C=O) groups is 1. The summed E-state index contributed by atoms with van der Waals surface area (Å²) in [5, 5.41) is 5.09. The van der Waals surface area contributed by atoms with E-state index in [9.17, 15) is 9.59 Å². The largest absolute Gasteiger partial charge is 0.490 e. The third-order valence-corrected chi connectivity index (χ3v) is 6.76. The number of ether oxygens (including phenoxy) is 3. The normalized spacial score (nSPS) is 11.6. The minimum Gasteiger partial charge on any atom is -0.490 e. The molecule has 0 saturated heterocycles. The van der Waals surface area contributed by atoms with Crippen molar-refractivity contribution in [2.75, 3.05) is 13.2 Å².